The van der Waals surface area contributed by atoms with Crippen LogP contribution in [-0.4, -0.2) is 37.2 Å². The highest BCUT2D eigenvalue weighted by atomic mass is 16.6. The number of hydrogen-bond acceptors (Lipinski definition) is 5. The smallest absolute Gasteiger partial charge is 0.333 e. The number of nitro groups is 1. The van der Waals surface area contributed by atoms with Crippen molar-refractivity contribution in [2.75, 3.05) is 31.1 Å². The van der Waals surface area contributed by atoms with Gasteiger partial charge in [0.25, 0.3) is 0 Å². The van der Waals surface area contributed by atoms with Crippen molar-refractivity contribution in [1.29, 1.82) is 0 Å². The highest BCUT2D eigenvalue weighted by Crippen LogP contribution is 2.38. The largest absolute Gasteiger partial charge is 0.487 e. The van der Waals surface area contributed by atoms with Gasteiger partial charge in [0.15, 0.2) is 5.75 Å². The molecular weight excluding hydrogens is 270 g/mol. The van der Waals surface area contributed by atoms with Gasteiger partial charge < -0.3 is 15.0 Å². The lowest BCUT2D eigenvalue weighted by molar-refractivity contribution is -0.385. The minimum absolute atomic E-state index is 0.0892. The number of nitrogens with zero attached hydrogens (tertiary/aromatic N) is 2. The van der Waals surface area contributed by atoms with Crippen LogP contribution in [0.5, 0.6) is 5.75 Å². The van der Waals surface area contributed by atoms with Gasteiger partial charge >= 0.3 is 5.69 Å². The van der Waals surface area contributed by atoms with Gasteiger partial charge in [-0.15, -0.1) is 0 Å². The molecule has 0 unspecified atom stereocenters. The van der Waals surface area contributed by atoms with E-state index in [9.17, 15) is 10.1 Å². The summed E-state index contributed by atoms with van der Waals surface area (Å²) in [7, 11) is 0. The van der Waals surface area contributed by atoms with Crippen LogP contribution in [0.2, 0.25) is 0 Å². The Labute approximate surface area is 125 Å². The van der Waals surface area contributed by atoms with Crippen molar-refractivity contribution in [3.8, 4) is 5.75 Å². The molecule has 0 saturated carbocycles. The molecule has 0 spiro atoms. The van der Waals surface area contributed by atoms with Gasteiger partial charge in [-0.05, 0) is 25.0 Å². The van der Waals surface area contributed by atoms with Gasteiger partial charge in [-0.25, -0.2) is 0 Å². The number of nitrogens with one attached hydrogen (secondary N) is 1. The van der Waals surface area contributed by atoms with Crippen molar-refractivity contribution in [3.63, 3.8) is 0 Å². The third-order valence-corrected chi connectivity index (χ3v) is 3.60. The summed E-state index contributed by atoms with van der Waals surface area (Å²) < 4.78 is 5.56. The van der Waals surface area contributed by atoms with Crippen LogP contribution in [0.15, 0.2) is 18.2 Å². The van der Waals surface area contributed by atoms with Crippen molar-refractivity contribution < 1.29 is 9.66 Å². The molecule has 1 saturated heterocycles. The summed E-state index contributed by atoms with van der Waals surface area (Å²) in [5.74, 6) is 0.368. The Kier molecular flexibility index (Phi) is 5.38. The Bertz CT molecular complexity index is 489. The van der Waals surface area contributed by atoms with Crippen LogP contribution < -0.4 is 15.0 Å². The summed E-state index contributed by atoms with van der Waals surface area (Å²) in [6.45, 7) is 7.11. The molecule has 1 fully saturated rings. The van der Waals surface area contributed by atoms with E-state index in [2.05, 4.69) is 17.1 Å². The predicted octanol–water partition coefficient (Wildman–Crippen LogP) is 2.57. The molecule has 6 nitrogen and oxygen atoms in total. The number of ether oxygens (including phenoxy) is 1. The van der Waals surface area contributed by atoms with E-state index in [1.165, 1.54) is 0 Å². The zero-order valence-corrected chi connectivity index (χ0v) is 12.7. The van der Waals surface area contributed by atoms with Crippen LogP contribution in [0, 0.1) is 10.1 Å². The average molecular weight is 293 g/mol. The molecular formula is C15H23N3O3. The summed E-state index contributed by atoms with van der Waals surface area (Å²) in [5, 5.41) is 14.8. The van der Waals surface area contributed by atoms with Crippen molar-refractivity contribution in [2.45, 2.75) is 32.7 Å². The molecule has 21 heavy (non-hydrogen) atoms. The molecule has 0 atom stereocenters. The maximum absolute atomic E-state index is 11.5. The highest BCUT2D eigenvalue weighted by Gasteiger charge is 2.31. The zero-order chi connectivity index (χ0) is 15.2. The summed E-state index contributed by atoms with van der Waals surface area (Å²) in [6, 6.07) is 5.66. The summed E-state index contributed by atoms with van der Waals surface area (Å²) in [4.78, 5) is 13.3. The predicted molar refractivity (Wildman–Crippen MR) is 83.2 cm³/mol. The van der Waals surface area contributed by atoms with Crippen LogP contribution in [0.3, 0.4) is 0 Å². The lowest BCUT2D eigenvalue weighted by Gasteiger charge is -2.39. The molecule has 0 aliphatic carbocycles. The molecule has 1 aliphatic rings. The summed E-state index contributed by atoms with van der Waals surface area (Å²) in [5.41, 5.74) is 0.758. The van der Waals surface area contributed by atoms with E-state index < -0.39 is 0 Å². The Morgan fingerprint density at radius 2 is 2.14 bits per heavy atom. The van der Waals surface area contributed by atoms with Crippen LogP contribution in [-0.2, 0) is 0 Å². The number of nitro benzene ring substituents is 1. The van der Waals surface area contributed by atoms with E-state index in [-0.39, 0.29) is 10.6 Å². The molecule has 1 aromatic rings. The lowest BCUT2D eigenvalue weighted by atomic mass is 10.1. The molecule has 0 amide bonds. The second-order valence-electron chi connectivity index (χ2n) is 5.23. The minimum atomic E-state index is -0.324. The molecule has 0 radical (unpaired) electrons. The van der Waals surface area contributed by atoms with Gasteiger partial charge in [0.05, 0.1) is 17.6 Å². The monoisotopic (exact) mass is 293 g/mol. The molecule has 1 aromatic carbocycles. The lowest BCUT2D eigenvalue weighted by Crippen LogP contribution is -2.57. The summed E-state index contributed by atoms with van der Waals surface area (Å²) in [6.07, 6.45) is 1.78. The topological polar surface area (TPSA) is 67.6 Å². The van der Waals surface area contributed by atoms with Crippen LogP contribution in [0.25, 0.3) is 0 Å². The number of para-hydroxylation sites is 1. The number of benzene rings is 1. The Balaban J connectivity index is 2.37. The van der Waals surface area contributed by atoms with Gasteiger partial charge in [0, 0.05) is 19.6 Å². The Hall–Kier alpha value is -1.82. The maximum atomic E-state index is 11.5. The van der Waals surface area contributed by atoms with Gasteiger partial charge in [-0.2, -0.15) is 0 Å². The number of rotatable bonds is 8. The first kappa shape index (κ1) is 15.6. The first-order valence-corrected chi connectivity index (χ1v) is 7.56. The molecule has 116 valence electrons. The molecule has 1 aliphatic heterocycles. The molecule has 2 rings (SSSR count). The standard InChI is InChI=1S/C15H23N3O3/c1-3-8-17(12-10-16-11-12)13-6-5-7-14(21-9-4-2)15(13)18(19)20/h5-7,12,16H,3-4,8-11H2,1-2H3. The average Bonchev–Trinajstić information content (AvgIpc) is 2.42. The fraction of sp³-hybridized carbons (Fsp3) is 0.600. The molecule has 0 aromatic heterocycles. The van der Waals surface area contributed by atoms with Gasteiger partial charge in [0.1, 0.15) is 5.69 Å². The van der Waals surface area contributed by atoms with Crippen LogP contribution in [0.4, 0.5) is 11.4 Å². The minimum Gasteiger partial charge on any atom is -0.487 e. The fourth-order valence-corrected chi connectivity index (χ4v) is 2.49. The summed E-state index contributed by atoms with van der Waals surface area (Å²) >= 11 is 0. The van der Waals surface area contributed by atoms with Gasteiger partial charge in [0.2, 0.25) is 0 Å². The maximum Gasteiger partial charge on any atom is 0.333 e. The Morgan fingerprint density at radius 3 is 2.67 bits per heavy atom. The first-order valence-electron chi connectivity index (χ1n) is 7.56. The van der Waals surface area contributed by atoms with Crippen molar-refractivity contribution >= 4 is 11.4 Å². The second kappa shape index (κ2) is 7.26. The van der Waals surface area contributed by atoms with Crippen molar-refractivity contribution in [1.82, 2.24) is 5.32 Å². The van der Waals surface area contributed by atoms with E-state index >= 15 is 0 Å². The quantitative estimate of drug-likeness (QED) is 0.589. The SMILES string of the molecule is CCCOc1cccc(N(CCC)C2CNC2)c1[N+](=O)[O-]. The highest BCUT2D eigenvalue weighted by molar-refractivity contribution is 5.70. The van der Waals surface area contributed by atoms with Crippen LogP contribution >= 0.6 is 0 Å². The van der Waals surface area contributed by atoms with Gasteiger partial charge in [-0.1, -0.05) is 19.9 Å². The van der Waals surface area contributed by atoms with Crippen molar-refractivity contribution in [3.05, 3.63) is 28.3 Å². The third kappa shape index (κ3) is 3.44. The molecule has 6 heteroatoms. The van der Waals surface area contributed by atoms with E-state index in [0.717, 1.165) is 32.5 Å². The molecule has 1 N–H and O–H groups in total. The third-order valence-electron chi connectivity index (χ3n) is 3.60. The van der Waals surface area contributed by atoms with Crippen LogP contribution in [0.1, 0.15) is 26.7 Å². The Morgan fingerprint density at radius 1 is 1.38 bits per heavy atom. The van der Waals surface area contributed by atoms with E-state index in [4.69, 9.17) is 4.74 Å². The van der Waals surface area contributed by atoms with E-state index in [0.29, 0.717) is 24.1 Å². The molecule has 0 bridgehead atoms. The van der Waals surface area contributed by atoms with E-state index in [1.807, 2.05) is 19.1 Å². The first-order chi connectivity index (χ1) is 10.2. The van der Waals surface area contributed by atoms with Gasteiger partial charge in [-0.3, -0.25) is 10.1 Å². The number of hydrogen-bond donors (Lipinski definition) is 1. The van der Waals surface area contributed by atoms with E-state index in [1.54, 1.807) is 6.07 Å². The molecule has 1 heterocycles. The number of anilines is 1. The second-order valence-corrected chi connectivity index (χ2v) is 5.23. The normalized spacial score (nSPS) is 14.6. The zero-order valence-electron chi connectivity index (χ0n) is 12.7. The van der Waals surface area contributed by atoms with Crippen molar-refractivity contribution in [2.24, 2.45) is 0 Å². The fourth-order valence-electron chi connectivity index (χ4n) is 2.49.